The number of aryl methyl sites for hydroxylation is 1. The van der Waals surface area contributed by atoms with Crippen LogP contribution in [0.4, 0.5) is 11.4 Å². The zero-order chi connectivity index (χ0) is 21.6. The number of allylic oxidation sites excluding steroid dienone is 3. The molecule has 0 spiro atoms. The Morgan fingerprint density at radius 3 is 2.57 bits per heavy atom. The average molecular weight is 403 g/mol. The van der Waals surface area contributed by atoms with Gasteiger partial charge in [0.25, 0.3) is 5.69 Å². The van der Waals surface area contributed by atoms with Crippen LogP contribution in [0, 0.1) is 17.0 Å². The molecule has 7 nitrogen and oxygen atoms in total. The van der Waals surface area contributed by atoms with Gasteiger partial charge >= 0.3 is 5.97 Å². The predicted octanol–water partition coefficient (Wildman–Crippen LogP) is 4.40. The summed E-state index contributed by atoms with van der Waals surface area (Å²) in [6.45, 7) is 5.91. The molecule has 2 heterocycles. The maximum Gasteiger partial charge on any atom is 0.363 e. The van der Waals surface area contributed by atoms with E-state index in [0.717, 1.165) is 11.4 Å². The van der Waals surface area contributed by atoms with Crippen molar-refractivity contribution in [2.24, 2.45) is 4.99 Å². The molecule has 0 N–H and O–H groups in total. The number of carbonyl (C=O) groups is 1. The number of nitrogens with zero attached hydrogens (tertiary/aromatic N) is 3. The van der Waals surface area contributed by atoms with Crippen LogP contribution in [0.25, 0.3) is 0 Å². The topological polar surface area (TPSA) is 85.0 Å². The van der Waals surface area contributed by atoms with Crippen LogP contribution in [0.1, 0.15) is 30.5 Å². The summed E-state index contributed by atoms with van der Waals surface area (Å²) < 4.78 is 5.30. The minimum Gasteiger partial charge on any atom is -0.402 e. The van der Waals surface area contributed by atoms with Crippen LogP contribution in [-0.4, -0.2) is 23.8 Å². The maximum absolute atomic E-state index is 12.3. The Kier molecular flexibility index (Phi) is 4.53. The third kappa shape index (κ3) is 3.08. The van der Waals surface area contributed by atoms with E-state index in [1.165, 1.54) is 17.7 Å². The Morgan fingerprint density at radius 1 is 1.17 bits per heavy atom. The first-order valence-corrected chi connectivity index (χ1v) is 9.52. The smallest absolute Gasteiger partial charge is 0.363 e. The molecule has 2 aromatic rings. The Hall–Kier alpha value is -3.74. The normalized spacial score (nSPS) is 19.8. The van der Waals surface area contributed by atoms with Crippen molar-refractivity contribution in [3.05, 3.63) is 92.8 Å². The van der Waals surface area contributed by atoms with Crippen LogP contribution in [0.15, 0.2) is 71.0 Å². The molecular weight excluding hydrogens is 382 g/mol. The molecule has 0 bridgehead atoms. The van der Waals surface area contributed by atoms with E-state index in [2.05, 4.69) is 35.9 Å². The number of rotatable bonds is 3. The fourth-order valence-electron chi connectivity index (χ4n) is 4.00. The van der Waals surface area contributed by atoms with Crippen molar-refractivity contribution < 1.29 is 14.5 Å². The van der Waals surface area contributed by atoms with Crippen molar-refractivity contribution in [3.8, 4) is 0 Å². The summed E-state index contributed by atoms with van der Waals surface area (Å²) in [7, 11) is 2.00. The summed E-state index contributed by atoms with van der Waals surface area (Å²) in [5, 5.41) is 11.0. The lowest BCUT2D eigenvalue weighted by atomic mass is 9.84. The second-order valence-electron chi connectivity index (χ2n) is 7.87. The van der Waals surface area contributed by atoms with E-state index in [1.54, 1.807) is 19.1 Å². The molecule has 0 saturated carbocycles. The molecular formula is C23H21N3O4. The summed E-state index contributed by atoms with van der Waals surface area (Å²) in [6.07, 6.45) is 3.55. The average Bonchev–Trinajstić information content (AvgIpc) is 3.16. The highest BCUT2D eigenvalue weighted by Gasteiger charge is 2.38. The quantitative estimate of drug-likeness (QED) is 0.328. The molecule has 2 aliphatic heterocycles. The molecule has 4 rings (SSSR count). The van der Waals surface area contributed by atoms with Gasteiger partial charge in [0.05, 0.1) is 4.92 Å². The molecule has 0 amide bonds. The number of anilines is 1. The van der Waals surface area contributed by atoms with Gasteiger partial charge in [-0.3, -0.25) is 10.1 Å². The van der Waals surface area contributed by atoms with Crippen molar-refractivity contribution >= 4 is 23.2 Å². The fraction of sp³-hybridized carbons (Fsp3) is 0.217. The first-order valence-electron chi connectivity index (χ1n) is 9.52. The number of aliphatic imine (C=N–C) groups is 1. The number of likely N-dealkylation sites (N-methyl/N-ethyl adjacent to an activating group) is 1. The van der Waals surface area contributed by atoms with Gasteiger partial charge in [0.2, 0.25) is 5.90 Å². The molecule has 0 fully saturated rings. The SMILES string of the molecule is Cc1cc(C2=N/C(=C/C=C3\N(C)c4ccccc4C3(C)C)C(=O)O2)ccc1[N+](=O)[O-]. The van der Waals surface area contributed by atoms with Gasteiger partial charge < -0.3 is 9.64 Å². The lowest BCUT2D eigenvalue weighted by Crippen LogP contribution is -2.22. The van der Waals surface area contributed by atoms with Crippen LogP contribution < -0.4 is 4.90 Å². The van der Waals surface area contributed by atoms with Crippen molar-refractivity contribution in [1.29, 1.82) is 0 Å². The molecule has 30 heavy (non-hydrogen) atoms. The maximum atomic E-state index is 12.3. The van der Waals surface area contributed by atoms with Crippen LogP contribution in [0.3, 0.4) is 0 Å². The van der Waals surface area contributed by atoms with Gasteiger partial charge in [-0.05, 0) is 42.8 Å². The van der Waals surface area contributed by atoms with Crippen molar-refractivity contribution in [2.45, 2.75) is 26.2 Å². The Bertz CT molecular complexity index is 1170. The number of hydrogen-bond acceptors (Lipinski definition) is 6. The van der Waals surface area contributed by atoms with Gasteiger partial charge in [-0.25, -0.2) is 9.79 Å². The highest BCUT2D eigenvalue weighted by Crippen LogP contribution is 2.46. The lowest BCUT2D eigenvalue weighted by Gasteiger charge is -2.23. The van der Waals surface area contributed by atoms with Crippen molar-refractivity contribution in [3.63, 3.8) is 0 Å². The molecule has 0 atom stereocenters. The highest BCUT2D eigenvalue weighted by molar-refractivity contribution is 6.11. The number of ether oxygens (including phenoxy) is 1. The standard InChI is InChI=1S/C23H21N3O4/c1-14-13-15(9-11-18(14)26(28)29)21-24-17(22(27)30-21)10-12-20-23(2,3)16-7-5-6-8-19(16)25(20)4/h5-13H,1-4H3/b17-10+,20-12-. The fourth-order valence-corrected chi connectivity index (χ4v) is 4.00. The number of cyclic esters (lactones) is 1. The molecule has 0 unspecified atom stereocenters. The van der Waals surface area contributed by atoms with E-state index in [-0.39, 0.29) is 22.7 Å². The predicted molar refractivity (Wildman–Crippen MR) is 114 cm³/mol. The number of benzene rings is 2. The highest BCUT2D eigenvalue weighted by atomic mass is 16.6. The minimum atomic E-state index is -0.547. The third-order valence-corrected chi connectivity index (χ3v) is 5.60. The molecule has 0 aromatic heterocycles. The van der Waals surface area contributed by atoms with Crippen LogP contribution in [0.2, 0.25) is 0 Å². The molecule has 0 radical (unpaired) electrons. The van der Waals surface area contributed by atoms with Crippen LogP contribution in [-0.2, 0) is 14.9 Å². The molecule has 2 aromatic carbocycles. The number of nitro benzene ring substituents is 1. The van der Waals surface area contributed by atoms with Gasteiger partial charge in [-0.15, -0.1) is 0 Å². The van der Waals surface area contributed by atoms with E-state index in [1.807, 2.05) is 25.3 Å². The van der Waals surface area contributed by atoms with E-state index in [9.17, 15) is 14.9 Å². The van der Waals surface area contributed by atoms with E-state index >= 15 is 0 Å². The summed E-state index contributed by atoms with van der Waals surface area (Å²) in [6, 6.07) is 12.7. The second kappa shape index (κ2) is 6.95. The van der Waals surface area contributed by atoms with E-state index in [0.29, 0.717) is 11.1 Å². The molecule has 0 saturated heterocycles. The molecule has 152 valence electrons. The number of hydrogen-bond donors (Lipinski definition) is 0. The Labute approximate surface area is 174 Å². The van der Waals surface area contributed by atoms with Gasteiger partial charge in [0.15, 0.2) is 5.70 Å². The molecule has 2 aliphatic rings. The van der Waals surface area contributed by atoms with Gasteiger partial charge in [-0.2, -0.15) is 0 Å². The molecule has 7 heteroatoms. The van der Waals surface area contributed by atoms with Gasteiger partial charge in [-0.1, -0.05) is 32.0 Å². The second-order valence-corrected chi connectivity index (χ2v) is 7.87. The zero-order valence-corrected chi connectivity index (χ0v) is 17.2. The first-order chi connectivity index (χ1) is 14.2. The summed E-state index contributed by atoms with van der Waals surface area (Å²) >= 11 is 0. The molecule has 0 aliphatic carbocycles. The lowest BCUT2D eigenvalue weighted by molar-refractivity contribution is -0.385. The third-order valence-electron chi connectivity index (χ3n) is 5.60. The first kappa shape index (κ1) is 19.6. The number of carbonyl (C=O) groups excluding carboxylic acids is 1. The number of fused-ring (bicyclic) bond motifs is 1. The number of nitro groups is 1. The van der Waals surface area contributed by atoms with E-state index in [4.69, 9.17) is 4.74 Å². The minimum absolute atomic E-state index is 0.00948. The Balaban J connectivity index is 1.67. The van der Waals surface area contributed by atoms with Gasteiger partial charge in [0, 0.05) is 41.0 Å². The summed E-state index contributed by atoms with van der Waals surface area (Å²) in [5.74, 6) is -0.404. The van der Waals surface area contributed by atoms with Crippen molar-refractivity contribution in [2.75, 3.05) is 11.9 Å². The van der Waals surface area contributed by atoms with Crippen LogP contribution >= 0.6 is 0 Å². The van der Waals surface area contributed by atoms with Crippen LogP contribution in [0.5, 0.6) is 0 Å². The Morgan fingerprint density at radius 2 is 1.90 bits per heavy atom. The van der Waals surface area contributed by atoms with E-state index < -0.39 is 10.9 Å². The number of para-hydroxylation sites is 1. The monoisotopic (exact) mass is 403 g/mol. The van der Waals surface area contributed by atoms with Gasteiger partial charge in [0.1, 0.15) is 0 Å². The zero-order valence-electron chi connectivity index (χ0n) is 17.2. The largest absolute Gasteiger partial charge is 0.402 e. The summed E-state index contributed by atoms with van der Waals surface area (Å²) in [5.41, 5.74) is 4.37. The van der Waals surface area contributed by atoms with Crippen molar-refractivity contribution in [1.82, 2.24) is 0 Å². The summed E-state index contributed by atoms with van der Waals surface area (Å²) in [4.78, 5) is 29.3. The number of esters is 1.